The zero-order valence-electron chi connectivity index (χ0n) is 8.94. The summed E-state index contributed by atoms with van der Waals surface area (Å²) in [5, 5.41) is 7.99. The van der Waals surface area contributed by atoms with Crippen molar-refractivity contribution in [2.45, 2.75) is 38.0 Å². The van der Waals surface area contributed by atoms with Gasteiger partial charge in [-0.2, -0.15) is 0 Å². The van der Waals surface area contributed by atoms with E-state index < -0.39 is 0 Å². The number of aryl methyl sites for hydroxylation is 1. The van der Waals surface area contributed by atoms with E-state index in [1.54, 1.807) is 4.68 Å². The summed E-state index contributed by atoms with van der Waals surface area (Å²) in [5.41, 5.74) is 7.05. The van der Waals surface area contributed by atoms with E-state index in [4.69, 9.17) is 5.73 Å². The molecule has 82 valence electrons. The van der Waals surface area contributed by atoms with Gasteiger partial charge in [-0.1, -0.05) is 18.1 Å². The Morgan fingerprint density at radius 1 is 1.53 bits per heavy atom. The van der Waals surface area contributed by atoms with Gasteiger partial charge in [-0.3, -0.25) is 9.48 Å². The molecule has 2 rings (SSSR count). The van der Waals surface area contributed by atoms with Gasteiger partial charge in [0.2, 0.25) is 5.91 Å². The van der Waals surface area contributed by atoms with Crippen LogP contribution in [0, 0.1) is 0 Å². The molecule has 1 aliphatic rings. The van der Waals surface area contributed by atoms with E-state index in [9.17, 15) is 4.79 Å². The Morgan fingerprint density at radius 3 is 2.80 bits per heavy atom. The number of carbonyl (C=O) groups is 1. The van der Waals surface area contributed by atoms with E-state index in [0.29, 0.717) is 5.92 Å². The number of aromatic nitrogens is 3. The molecule has 2 N–H and O–H groups in total. The highest BCUT2D eigenvalue weighted by Crippen LogP contribution is 2.34. The molecule has 1 fully saturated rings. The van der Waals surface area contributed by atoms with Gasteiger partial charge in [0.1, 0.15) is 0 Å². The SMILES string of the molecule is Cn1nnc(CC(N)=O)c1C1CCCC1. The number of amides is 1. The first-order valence-electron chi connectivity index (χ1n) is 5.35. The van der Waals surface area contributed by atoms with E-state index in [1.165, 1.54) is 25.7 Å². The fraction of sp³-hybridized carbons (Fsp3) is 0.700. The number of nitrogens with two attached hydrogens (primary N) is 1. The minimum absolute atomic E-state index is 0.208. The van der Waals surface area contributed by atoms with E-state index in [-0.39, 0.29) is 12.3 Å². The zero-order chi connectivity index (χ0) is 10.8. The van der Waals surface area contributed by atoms with Gasteiger partial charge in [0.15, 0.2) is 0 Å². The molecule has 0 radical (unpaired) electrons. The normalized spacial score (nSPS) is 17.1. The number of carbonyl (C=O) groups excluding carboxylic acids is 1. The Hall–Kier alpha value is -1.39. The summed E-state index contributed by atoms with van der Waals surface area (Å²) in [6.45, 7) is 0. The third kappa shape index (κ3) is 2.00. The van der Waals surface area contributed by atoms with Crippen molar-refractivity contribution in [1.29, 1.82) is 0 Å². The standard InChI is InChI=1S/C10H16N4O/c1-14-10(7-4-2-3-5-7)8(12-13-14)6-9(11)15/h7H,2-6H2,1H3,(H2,11,15). The highest BCUT2D eigenvalue weighted by atomic mass is 16.1. The summed E-state index contributed by atoms with van der Waals surface area (Å²) >= 11 is 0. The molecule has 1 aromatic heterocycles. The molecule has 1 amide bonds. The molecule has 1 heterocycles. The van der Waals surface area contributed by atoms with Crippen molar-refractivity contribution in [1.82, 2.24) is 15.0 Å². The molecule has 0 aromatic carbocycles. The van der Waals surface area contributed by atoms with Crippen LogP contribution in [0.3, 0.4) is 0 Å². The lowest BCUT2D eigenvalue weighted by Crippen LogP contribution is -2.16. The Kier molecular flexibility index (Phi) is 2.70. The topological polar surface area (TPSA) is 73.8 Å². The molecule has 5 heteroatoms. The van der Waals surface area contributed by atoms with Gasteiger partial charge in [-0.05, 0) is 12.8 Å². The Morgan fingerprint density at radius 2 is 2.20 bits per heavy atom. The first-order valence-corrected chi connectivity index (χ1v) is 5.35. The van der Waals surface area contributed by atoms with Crippen LogP contribution in [0.15, 0.2) is 0 Å². The zero-order valence-corrected chi connectivity index (χ0v) is 8.94. The quantitative estimate of drug-likeness (QED) is 0.786. The first-order chi connectivity index (χ1) is 7.18. The van der Waals surface area contributed by atoms with Crippen molar-refractivity contribution >= 4 is 5.91 Å². The second kappa shape index (κ2) is 4.00. The van der Waals surface area contributed by atoms with Gasteiger partial charge in [-0.25, -0.2) is 0 Å². The molecule has 1 saturated carbocycles. The lowest BCUT2D eigenvalue weighted by Gasteiger charge is -2.10. The molecule has 1 aliphatic carbocycles. The third-order valence-corrected chi connectivity index (χ3v) is 3.03. The van der Waals surface area contributed by atoms with E-state index in [2.05, 4.69) is 10.3 Å². The molecular weight excluding hydrogens is 192 g/mol. The average molecular weight is 208 g/mol. The minimum Gasteiger partial charge on any atom is -0.369 e. The van der Waals surface area contributed by atoms with Crippen LogP contribution in [0.1, 0.15) is 43.0 Å². The second-order valence-electron chi connectivity index (χ2n) is 4.17. The largest absolute Gasteiger partial charge is 0.369 e. The highest BCUT2D eigenvalue weighted by Gasteiger charge is 2.24. The summed E-state index contributed by atoms with van der Waals surface area (Å²) in [6, 6.07) is 0. The Bertz CT molecular complexity index is 365. The van der Waals surface area contributed by atoms with Crippen LogP contribution >= 0.6 is 0 Å². The van der Waals surface area contributed by atoms with E-state index >= 15 is 0 Å². The number of rotatable bonds is 3. The number of hydrogen-bond acceptors (Lipinski definition) is 3. The van der Waals surface area contributed by atoms with Crippen LogP contribution in [0.25, 0.3) is 0 Å². The van der Waals surface area contributed by atoms with Crippen molar-refractivity contribution in [2.75, 3.05) is 0 Å². The summed E-state index contributed by atoms with van der Waals surface area (Å²) < 4.78 is 1.79. The highest BCUT2D eigenvalue weighted by molar-refractivity contribution is 5.76. The van der Waals surface area contributed by atoms with Crippen LogP contribution in [0.5, 0.6) is 0 Å². The molecule has 1 aromatic rings. The molecule has 0 bridgehead atoms. The van der Waals surface area contributed by atoms with Crippen molar-refractivity contribution in [3.8, 4) is 0 Å². The van der Waals surface area contributed by atoms with Crippen LogP contribution in [-0.4, -0.2) is 20.9 Å². The fourth-order valence-electron chi connectivity index (χ4n) is 2.40. The summed E-state index contributed by atoms with van der Waals surface area (Å²) in [5.74, 6) is 0.175. The molecule has 0 atom stereocenters. The monoisotopic (exact) mass is 208 g/mol. The van der Waals surface area contributed by atoms with Crippen LogP contribution in [-0.2, 0) is 18.3 Å². The minimum atomic E-state index is -0.338. The van der Waals surface area contributed by atoms with Crippen molar-refractivity contribution in [3.05, 3.63) is 11.4 Å². The molecule has 0 aliphatic heterocycles. The third-order valence-electron chi connectivity index (χ3n) is 3.03. The van der Waals surface area contributed by atoms with Gasteiger partial charge in [0.25, 0.3) is 0 Å². The predicted molar refractivity (Wildman–Crippen MR) is 55.1 cm³/mol. The summed E-state index contributed by atoms with van der Waals surface area (Å²) in [6.07, 6.45) is 5.07. The Balaban J connectivity index is 2.26. The summed E-state index contributed by atoms with van der Waals surface area (Å²) in [7, 11) is 1.88. The maximum atomic E-state index is 10.9. The molecule has 5 nitrogen and oxygen atoms in total. The smallest absolute Gasteiger partial charge is 0.223 e. The van der Waals surface area contributed by atoms with Crippen LogP contribution in [0.2, 0.25) is 0 Å². The van der Waals surface area contributed by atoms with Gasteiger partial charge in [-0.15, -0.1) is 5.10 Å². The van der Waals surface area contributed by atoms with Crippen molar-refractivity contribution < 1.29 is 4.79 Å². The molecule has 0 spiro atoms. The van der Waals surface area contributed by atoms with E-state index in [1.807, 2.05) is 7.05 Å². The van der Waals surface area contributed by atoms with Gasteiger partial charge >= 0.3 is 0 Å². The maximum absolute atomic E-state index is 10.9. The van der Waals surface area contributed by atoms with Crippen molar-refractivity contribution in [3.63, 3.8) is 0 Å². The summed E-state index contributed by atoms with van der Waals surface area (Å²) in [4.78, 5) is 10.9. The average Bonchev–Trinajstić information content (AvgIpc) is 2.74. The lowest BCUT2D eigenvalue weighted by molar-refractivity contribution is -0.117. The van der Waals surface area contributed by atoms with Crippen LogP contribution in [0.4, 0.5) is 0 Å². The lowest BCUT2D eigenvalue weighted by atomic mass is 10.0. The molecule has 0 saturated heterocycles. The van der Waals surface area contributed by atoms with Gasteiger partial charge < -0.3 is 5.73 Å². The first kappa shape index (κ1) is 10.1. The second-order valence-corrected chi connectivity index (χ2v) is 4.17. The number of hydrogen-bond donors (Lipinski definition) is 1. The Labute approximate surface area is 88.6 Å². The number of primary amides is 1. The van der Waals surface area contributed by atoms with E-state index in [0.717, 1.165) is 11.4 Å². The molecule has 15 heavy (non-hydrogen) atoms. The van der Waals surface area contributed by atoms with Gasteiger partial charge in [0, 0.05) is 13.0 Å². The maximum Gasteiger partial charge on any atom is 0.223 e. The predicted octanol–water partition coefficient (Wildman–Crippen LogP) is 0.500. The fourth-order valence-corrected chi connectivity index (χ4v) is 2.40. The van der Waals surface area contributed by atoms with Crippen LogP contribution < -0.4 is 5.73 Å². The van der Waals surface area contributed by atoms with Gasteiger partial charge in [0.05, 0.1) is 17.8 Å². The molecule has 0 unspecified atom stereocenters. The van der Waals surface area contributed by atoms with Crippen molar-refractivity contribution in [2.24, 2.45) is 12.8 Å². The molecular formula is C10H16N4O. The number of nitrogens with zero attached hydrogens (tertiary/aromatic N) is 3.